The molecule has 4 rings (SSSR count). The van der Waals surface area contributed by atoms with Crippen molar-refractivity contribution in [3.8, 4) is 23.0 Å². The lowest BCUT2D eigenvalue weighted by Gasteiger charge is -2.13. The highest BCUT2D eigenvalue weighted by Crippen LogP contribution is 2.35. The Balaban J connectivity index is 1.53. The summed E-state index contributed by atoms with van der Waals surface area (Å²) in [6.45, 7) is 0. The van der Waals surface area contributed by atoms with Gasteiger partial charge >= 0.3 is 0 Å². The molecular weight excluding hydrogens is 376 g/mol. The fraction of sp³-hybridized carbons (Fsp3) is 0. The monoisotopic (exact) mass is 396 g/mol. The van der Waals surface area contributed by atoms with E-state index in [-0.39, 0.29) is 17.2 Å². The van der Waals surface area contributed by atoms with Gasteiger partial charge in [-0.2, -0.15) is 0 Å². The quantitative estimate of drug-likeness (QED) is 0.324. The summed E-state index contributed by atoms with van der Waals surface area (Å²) in [6.07, 6.45) is 0. The molecule has 4 N–H and O–H groups in total. The van der Waals surface area contributed by atoms with Crippen molar-refractivity contribution in [1.29, 1.82) is 0 Å². The molecule has 0 aliphatic heterocycles. The molecule has 0 radical (unpaired) electrons. The van der Waals surface area contributed by atoms with E-state index in [0.29, 0.717) is 28.4 Å². The number of carbonyl (C=O) groups excluding carboxylic acids is 1. The summed E-state index contributed by atoms with van der Waals surface area (Å²) in [5.41, 5.74) is 13.5. The number of hydrogen-bond acceptors (Lipinski definition) is 5. The topological polar surface area (TPSA) is 87.6 Å². The van der Waals surface area contributed by atoms with Gasteiger partial charge in [-0.3, -0.25) is 4.79 Å². The molecule has 0 unspecified atom stereocenters. The first-order chi connectivity index (χ1) is 14.6. The van der Waals surface area contributed by atoms with Crippen molar-refractivity contribution in [2.45, 2.75) is 0 Å². The van der Waals surface area contributed by atoms with Crippen LogP contribution in [0.3, 0.4) is 0 Å². The van der Waals surface area contributed by atoms with E-state index >= 15 is 0 Å². The minimum Gasteiger partial charge on any atom is -0.457 e. The van der Waals surface area contributed by atoms with Crippen molar-refractivity contribution in [2.24, 2.45) is 0 Å². The Kier molecular flexibility index (Phi) is 5.35. The fourth-order valence-electron chi connectivity index (χ4n) is 2.97. The first-order valence-corrected chi connectivity index (χ1v) is 9.40. The summed E-state index contributed by atoms with van der Waals surface area (Å²) in [4.78, 5) is 12.9. The molecule has 148 valence electrons. The molecule has 5 nitrogen and oxygen atoms in total. The van der Waals surface area contributed by atoms with Crippen LogP contribution < -0.4 is 20.9 Å². The van der Waals surface area contributed by atoms with Crippen LogP contribution in [0.5, 0.6) is 23.0 Å². The lowest BCUT2D eigenvalue weighted by molar-refractivity contribution is 0.103. The lowest BCUT2D eigenvalue weighted by Crippen LogP contribution is -2.08. The molecule has 0 aliphatic carbocycles. The standard InChI is InChI=1S/C25H20N2O3/c26-23-21(15-16-22(24(23)27)30-19-9-5-2-6-10-19)25(28)17-11-13-20(14-12-17)29-18-7-3-1-4-8-18/h1-16H,26-27H2. The highest BCUT2D eigenvalue weighted by Gasteiger charge is 2.17. The van der Waals surface area contributed by atoms with Gasteiger partial charge in [-0.15, -0.1) is 0 Å². The van der Waals surface area contributed by atoms with E-state index < -0.39 is 0 Å². The summed E-state index contributed by atoms with van der Waals surface area (Å²) < 4.78 is 11.5. The zero-order valence-corrected chi connectivity index (χ0v) is 16.1. The van der Waals surface area contributed by atoms with E-state index in [0.717, 1.165) is 5.75 Å². The molecule has 30 heavy (non-hydrogen) atoms. The number of nitrogen functional groups attached to an aromatic ring is 2. The van der Waals surface area contributed by atoms with Gasteiger partial charge in [0, 0.05) is 11.1 Å². The Labute approximate surface area is 174 Å². The second-order valence-corrected chi connectivity index (χ2v) is 6.62. The molecule has 0 aliphatic rings. The number of carbonyl (C=O) groups is 1. The SMILES string of the molecule is Nc1c(Oc2ccccc2)ccc(C(=O)c2ccc(Oc3ccccc3)cc2)c1N. The Bertz CT molecular complexity index is 1160. The number of benzene rings is 4. The van der Waals surface area contributed by atoms with Crippen molar-refractivity contribution in [2.75, 3.05) is 11.5 Å². The predicted molar refractivity (Wildman–Crippen MR) is 118 cm³/mol. The van der Waals surface area contributed by atoms with Gasteiger partial charge in [0.05, 0.1) is 11.4 Å². The summed E-state index contributed by atoms with van der Waals surface area (Å²) in [7, 11) is 0. The second-order valence-electron chi connectivity index (χ2n) is 6.62. The number of ketones is 1. The average Bonchev–Trinajstić information content (AvgIpc) is 2.79. The number of para-hydroxylation sites is 2. The van der Waals surface area contributed by atoms with Crippen LogP contribution >= 0.6 is 0 Å². The van der Waals surface area contributed by atoms with E-state index in [1.54, 1.807) is 36.4 Å². The van der Waals surface area contributed by atoms with E-state index in [4.69, 9.17) is 20.9 Å². The third-order valence-corrected chi connectivity index (χ3v) is 4.56. The molecule has 0 heterocycles. The number of hydrogen-bond donors (Lipinski definition) is 2. The van der Waals surface area contributed by atoms with Gasteiger partial charge in [0.1, 0.15) is 17.2 Å². The molecule has 0 bridgehead atoms. The van der Waals surface area contributed by atoms with Crippen LogP contribution in [0.15, 0.2) is 97.1 Å². The summed E-state index contributed by atoms with van der Waals surface area (Å²) in [5, 5.41) is 0. The summed E-state index contributed by atoms with van der Waals surface area (Å²) in [5.74, 6) is 2.18. The highest BCUT2D eigenvalue weighted by molar-refractivity contribution is 6.13. The molecular formula is C25H20N2O3. The third kappa shape index (κ3) is 4.10. The van der Waals surface area contributed by atoms with Crippen LogP contribution in [0.4, 0.5) is 11.4 Å². The maximum atomic E-state index is 12.9. The van der Waals surface area contributed by atoms with Gasteiger partial charge in [-0.25, -0.2) is 0 Å². The molecule has 0 amide bonds. The second kappa shape index (κ2) is 8.41. The minimum atomic E-state index is -0.225. The molecule has 0 saturated carbocycles. The first-order valence-electron chi connectivity index (χ1n) is 9.40. The number of rotatable bonds is 6. The minimum absolute atomic E-state index is 0.193. The van der Waals surface area contributed by atoms with Crippen molar-refractivity contribution in [3.63, 3.8) is 0 Å². The number of nitrogens with two attached hydrogens (primary N) is 2. The summed E-state index contributed by atoms with van der Waals surface area (Å²) in [6, 6.07) is 28.8. The largest absolute Gasteiger partial charge is 0.457 e. The first kappa shape index (κ1) is 19.1. The van der Waals surface area contributed by atoms with E-state index in [1.807, 2.05) is 60.7 Å². The normalized spacial score (nSPS) is 10.4. The van der Waals surface area contributed by atoms with Crippen LogP contribution in [-0.2, 0) is 0 Å². The highest BCUT2D eigenvalue weighted by atomic mass is 16.5. The molecule has 0 fully saturated rings. The van der Waals surface area contributed by atoms with Crippen molar-refractivity contribution < 1.29 is 14.3 Å². The number of anilines is 2. The van der Waals surface area contributed by atoms with Crippen molar-refractivity contribution >= 4 is 17.2 Å². The molecule has 0 aromatic heterocycles. The third-order valence-electron chi connectivity index (χ3n) is 4.56. The predicted octanol–water partition coefficient (Wildman–Crippen LogP) is 5.67. The lowest BCUT2D eigenvalue weighted by atomic mass is 10.0. The van der Waals surface area contributed by atoms with Crippen LogP contribution in [-0.4, -0.2) is 5.78 Å². The van der Waals surface area contributed by atoms with E-state index in [2.05, 4.69) is 0 Å². The maximum Gasteiger partial charge on any atom is 0.195 e. The van der Waals surface area contributed by atoms with E-state index in [9.17, 15) is 4.79 Å². The Morgan fingerprint density at radius 3 is 1.70 bits per heavy atom. The van der Waals surface area contributed by atoms with Gasteiger partial charge in [-0.05, 0) is 60.7 Å². The zero-order chi connectivity index (χ0) is 20.9. The van der Waals surface area contributed by atoms with E-state index in [1.165, 1.54) is 0 Å². The van der Waals surface area contributed by atoms with Gasteiger partial charge in [0.2, 0.25) is 0 Å². The van der Waals surface area contributed by atoms with Crippen LogP contribution in [0, 0.1) is 0 Å². The van der Waals surface area contributed by atoms with Gasteiger partial charge < -0.3 is 20.9 Å². The number of ether oxygens (including phenoxy) is 2. The summed E-state index contributed by atoms with van der Waals surface area (Å²) >= 11 is 0. The van der Waals surface area contributed by atoms with Crippen LogP contribution in [0.1, 0.15) is 15.9 Å². The Morgan fingerprint density at radius 2 is 1.10 bits per heavy atom. The maximum absolute atomic E-state index is 12.9. The zero-order valence-electron chi connectivity index (χ0n) is 16.1. The smallest absolute Gasteiger partial charge is 0.195 e. The molecule has 0 spiro atoms. The van der Waals surface area contributed by atoms with Crippen LogP contribution in [0.25, 0.3) is 0 Å². The van der Waals surface area contributed by atoms with Crippen molar-refractivity contribution in [1.82, 2.24) is 0 Å². The molecule has 0 atom stereocenters. The molecule has 4 aromatic carbocycles. The average molecular weight is 396 g/mol. The van der Waals surface area contributed by atoms with Gasteiger partial charge in [0.25, 0.3) is 0 Å². The fourth-order valence-corrected chi connectivity index (χ4v) is 2.97. The van der Waals surface area contributed by atoms with Crippen LogP contribution in [0.2, 0.25) is 0 Å². The molecule has 4 aromatic rings. The van der Waals surface area contributed by atoms with Gasteiger partial charge in [0.15, 0.2) is 11.5 Å². The Morgan fingerprint density at radius 1 is 0.567 bits per heavy atom. The Hall–Kier alpha value is -4.25. The molecule has 5 heteroatoms. The van der Waals surface area contributed by atoms with Gasteiger partial charge in [-0.1, -0.05) is 36.4 Å². The molecule has 0 saturated heterocycles. The van der Waals surface area contributed by atoms with Crippen molar-refractivity contribution in [3.05, 3.63) is 108 Å².